The normalized spacial score (nSPS) is 16.9. The Bertz CT molecular complexity index is 1850. The molecule has 0 saturated carbocycles. The van der Waals surface area contributed by atoms with Gasteiger partial charge in [0.25, 0.3) is 0 Å². The van der Waals surface area contributed by atoms with Gasteiger partial charge in [-0.2, -0.15) is 4.98 Å². The van der Waals surface area contributed by atoms with Crippen molar-refractivity contribution in [2.24, 2.45) is 0 Å². The van der Waals surface area contributed by atoms with Crippen LogP contribution in [0.1, 0.15) is 39.3 Å². The fraction of sp³-hybridized carbons (Fsp3) is 0.355. The van der Waals surface area contributed by atoms with Crippen molar-refractivity contribution in [1.29, 1.82) is 0 Å². The largest absolute Gasteiger partial charge is 0.504 e. The van der Waals surface area contributed by atoms with Gasteiger partial charge in [-0.05, 0) is 44.0 Å². The summed E-state index contributed by atoms with van der Waals surface area (Å²) in [5, 5.41) is 29.6. The van der Waals surface area contributed by atoms with E-state index in [9.17, 15) is 29.3 Å². The van der Waals surface area contributed by atoms with Crippen molar-refractivity contribution in [2.75, 3.05) is 31.2 Å². The Morgan fingerprint density at radius 3 is 2.44 bits per heavy atom. The number of fused-ring (bicyclic) bond motifs is 1. The molecule has 2 aromatic carbocycles. The Morgan fingerprint density at radius 2 is 1.78 bits per heavy atom. The highest BCUT2D eigenvalue weighted by molar-refractivity contribution is 5.95. The summed E-state index contributed by atoms with van der Waals surface area (Å²) in [6, 6.07) is 4.10. The fourth-order valence-corrected chi connectivity index (χ4v) is 5.71. The fourth-order valence-electron chi connectivity index (χ4n) is 5.71. The van der Waals surface area contributed by atoms with Gasteiger partial charge in [-0.3, -0.25) is 9.55 Å². The first-order valence-electron chi connectivity index (χ1n) is 14.3. The summed E-state index contributed by atoms with van der Waals surface area (Å²) in [5.41, 5.74) is -1.56. The maximum Gasteiger partial charge on any atom is 0.407 e. The third-order valence-corrected chi connectivity index (χ3v) is 7.85. The van der Waals surface area contributed by atoms with E-state index in [4.69, 9.17) is 4.74 Å². The third-order valence-electron chi connectivity index (χ3n) is 7.85. The number of anilines is 1. The number of phenols is 1. The summed E-state index contributed by atoms with van der Waals surface area (Å²) in [5.74, 6) is -4.48. The van der Waals surface area contributed by atoms with E-state index in [1.54, 1.807) is 18.7 Å². The van der Waals surface area contributed by atoms with E-state index in [0.29, 0.717) is 11.8 Å². The summed E-state index contributed by atoms with van der Waals surface area (Å²) in [4.78, 5) is 37.6. The number of nitrogens with zero attached hydrogens (tertiary/aromatic N) is 5. The summed E-state index contributed by atoms with van der Waals surface area (Å²) in [6.07, 6.45) is 0.361. The highest BCUT2D eigenvalue weighted by atomic mass is 19.1. The number of aliphatic hydroxyl groups excluding tert-OH is 1. The first kappa shape index (κ1) is 31.6. The molecule has 0 spiro atoms. The van der Waals surface area contributed by atoms with Crippen molar-refractivity contribution in [3.8, 4) is 28.3 Å². The zero-order valence-corrected chi connectivity index (χ0v) is 25.0. The van der Waals surface area contributed by atoms with Crippen LogP contribution in [0.2, 0.25) is 0 Å². The minimum atomic E-state index is -1.17. The van der Waals surface area contributed by atoms with Gasteiger partial charge in [-0.25, -0.2) is 22.8 Å². The predicted octanol–water partition coefficient (Wildman–Crippen LogP) is 4.64. The van der Waals surface area contributed by atoms with Crippen LogP contribution in [0.4, 0.5) is 23.8 Å². The van der Waals surface area contributed by atoms with Gasteiger partial charge in [0.2, 0.25) is 0 Å². The lowest BCUT2D eigenvalue weighted by molar-refractivity contribution is 0.114. The monoisotopic (exact) mass is 627 g/mol. The Balaban J connectivity index is 1.89. The van der Waals surface area contributed by atoms with Gasteiger partial charge in [0.05, 0.1) is 23.4 Å². The molecular formula is C31H32F3N5O6. The summed E-state index contributed by atoms with van der Waals surface area (Å²) in [7, 11) is 0. The minimum absolute atomic E-state index is 0.00808. The smallest absolute Gasteiger partial charge is 0.407 e. The number of piperazine rings is 1. The SMILES string of the molecule is CC(C)c1nccc(OCCO)c1-n1c(=O)nc(N2C[C@@H](C)N(C(=O)O)C[C@@H]2C)c2cc(F)c(-c3c(F)ccc(F)c3O)cc21. The molecule has 0 aliphatic carbocycles. The van der Waals surface area contributed by atoms with Crippen LogP contribution in [-0.4, -0.2) is 79.2 Å². The van der Waals surface area contributed by atoms with Crippen molar-refractivity contribution in [3.05, 3.63) is 70.2 Å². The second-order valence-electron chi connectivity index (χ2n) is 11.2. The lowest BCUT2D eigenvalue weighted by Crippen LogP contribution is -2.58. The molecule has 1 aliphatic heterocycles. The molecule has 11 nitrogen and oxygen atoms in total. The molecule has 45 heavy (non-hydrogen) atoms. The Hall–Kier alpha value is -4.85. The number of benzene rings is 2. The second kappa shape index (κ2) is 12.3. The van der Waals surface area contributed by atoms with Gasteiger partial charge in [0.1, 0.15) is 35.5 Å². The molecule has 0 radical (unpaired) electrons. The number of hydrogen-bond donors (Lipinski definition) is 3. The molecule has 238 valence electrons. The van der Waals surface area contributed by atoms with Crippen LogP contribution in [0.3, 0.4) is 0 Å². The highest BCUT2D eigenvalue weighted by Crippen LogP contribution is 2.40. The minimum Gasteiger partial charge on any atom is -0.504 e. The van der Waals surface area contributed by atoms with E-state index in [-0.39, 0.29) is 60.4 Å². The molecule has 1 amide bonds. The molecule has 2 atom stereocenters. The number of rotatable bonds is 7. The van der Waals surface area contributed by atoms with Crippen LogP contribution in [-0.2, 0) is 0 Å². The molecule has 3 heterocycles. The number of halogens is 3. The maximum absolute atomic E-state index is 16.0. The molecule has 0 bridgehead atoms. The average molecular weight is 628 g/mol. The third kappa shape index (κ3) is 5.61. The molecule has 5 rings (SSSR count). The molecule has 1 saturated heterocycles. The number of carbonyl (C=O) groups is 1. The number of aromatic hydroxyl groups is 1. The molecule has 1 aliphatic rings. The number of pyridine rings is 1. The standard InChI is InChI=1S/C31H32F3N5O6/c1-15(2)26-27(24(7-8-35-26)45-10-9-40)39-23-12-18(25-20(32)5-6-21(33)28(25)41)22(34)11-19(23)29(36-30(39)42)37-13-17(4)38(31(43)44)14-16(37)3/h5-8,11-12,15-17,40-41H,9-10,13-14H2,1-4H3,(H,43,44)/t16-,17+/m0/s1. The van der Waals surface area contributed by atoms with Crippen LogP contribution in [0, 0.1) is 17.5 Å². The van der Waals surface area contributed by atoms with Gasteiger partial charge in [0, 0.05) is 48.4 Å². The van der Waals surface area contributed by atoms with Crippen LogP contribution >= 0.6 is 0 Å². The summed E-state index contributed by atoms with van der Waals surface area (Å²) >= 11 is 0. The van der Waals surface area contributed by atoms with Gasteiger partial charge in [-0.15, -0.1) is 0 Å². The predicted molar refractivity (Wildman–Crippen MR) is 160 cm³/mol. The lowest BCUT2D eigenvalue weighted by Gasteiger charge is -2.43. The Kier molecular flexibility index (Phi) is 8.61. The molecule has 3 N–H and O–H groups in total. The molecule has 14 heteroatoms. The zero-order chi connectivity index (χ0) is 32.7. The zero-order valence-electron chi connectivity index (χ0n) is 25.0. The summed E-state index contributed by atoms with van der Waals surface area (Å²) in [6.45, 7) is 6.82. The number of carboxylic acid groups (broad SMARTS) is 1. The van der Waals surface area contributed by atoms with Crippen LogP contribution in [0.25, 0.3) is 27.7 Å². The number of amides is 1. The van der Waals surface area contributed by atoms with E-state index in [2.05, 4.69) is 9.97 Å². The highest BCUT2D eigenvalue weighted by Gasteiger charge is 2.35. The molecule has 2 aromatic heterocycles. The van der Waals surface area contributed by atoms with E-state index >= 15 is 8.78 Å². The summed E-state index contributed by atoms with van der Waals surface area (Å²) < 4.78 is 52.3. The second-order valence-corrected chi connectivity index (χ2v) is 11.2. The van der Waals surface area contributed by atoms with E-state index in [1.165, 1.54) is 17.2 Å². The number of ether oxygens (including phenoxy) is 1. The van der Waals surface area contributed by atoms with Crippen molar-refractivity contribution in [1.82, 2.24) is 19.4 Å². The first-order valence-corrected chi connectivity index (χ1v) is 14.3. The Morgan fingerprint density at radius 1 is 1.07 bits per heavy atom. The van der Waals surface area contributed by atoms with Gasteiger partial charge in [-0.1, -0.05) is 13.8 Å². The topological polar surface area (TPSA) is 141 Å². The number of hydrogen-bond acceptors (Lipinski definition) is 8. The van der Waals surface area contributed by atoms with Gasteiger partial charge in [0.15, 0.2) is 11.6 Å². The first-order chi connectivity index (χ1) is 21.3. The van der Waals surface area contributed by atoms with E-state index < -0.39 is 58.2 Å². The van der Waals surface area contributed by atoms with Crippen molar-refractivity contribution >= 4 is 22.8 Å². The van der Waals surface area contributed by atoms with Crippen LogP contribution in [0.5, 0.6) is 11.5 Å². The molecular weight excluding hydrogens is 595 g/mol. The number of aliphatic hydroxyl groups is 1. The quantitative estimate of drug-likeness (QED) is 0.267. The maximum atomic E-state index is 16.0. The van der Waals surface area contributed by atoms with Gasteiger partial charge < -0.3 is 29.9 Å². The average Bonchev–Trinajstić information content (AvgIpc) is 2.99. The Labute approximate surface area is 255 Å². The van der Waals surface area contributed by atoms with E-state index in [1.807, 2.05) is 13.8 Å². The van der Waals surface area contributed by atoms with Crippen LogP contribution in [0.15, 0.2) is 41.3 Å². The van der Waals surface area contributed by atoms with Crippen molar-refractivity contribution in [3.63, 3.8) is 0 Å². The van der Waals surface area contributed by atoms with Crippen LogP contribution < -0.4 is 15.3 Å². The molecule has 0 unspecified atom stereocenters. The number of aromatic nitrogens is 3. The van der Waals surface area contributed by atoms with E-state index in [0.717, 1.165) is 22.8 Å². The van der Waals surface area contributed by atoms with Gasteiger partial charge >= 0.3 is 11.8 Å². The molecule has 1 fully saturated rings. The van der Waals surface area contributed by atoms with Crippen molar-refractivity contribution < 1.29 is 38.0 Å². The van der Waals surface area contributed by atoms with Crippen molar-refractivity contribution in [2.45, 2.75) is 45.7 Å². The molecule has 4 aromatic rings. The lowest BCUT2D eigenvalue weighted by atomic mass is 9.99. The number of phenolic OH excluding ortho intramolecular Hbond substituents is 1.